The quantitative estimate of drug-likeness (QED) is 0.625. The van der Waals surface area contributed by atoms with E-state index in [0.29, 0.717) is 11.1 Å². The molecule has 7 heteroatoms. The van der Waals surface area contributed by atoms with E-state index < -0.39 is 0 Å². The molecule has 0 spiro atoms. The number of aromatic amines is 1. The summed E-state index contributed by atoms with van der Waals surface area (Å²) in [6, 6.07) is 3.20. The number of aryl methyl sites for hydroxylation is 1. The zero-order valence-electron chi connectivity index (χ0n) is 9.39. The van der Waals surface area contributed by atoms with Gasteiger partial charge in [-0.2, -0.15) is 0 Å². The van der Waals surface area contributed by atoms with Crippen LogP contribution in [0.4, 0.5) is 5.95 Å². The third-order valence-electron chi connectivity index (χ3n) is 1.90. The van der Waals surface area contributed by atoms with Crippen molar-refractivity contribution in [2.45, 2.75) is 17.1 Å². The summed E-state index contributed by atoms with van der Waals surface area (Å²) in [5.74, 6) is 0.547. The zero-order valence-corrected chi connectivity index (χ0v) is 10.2. The van der Waals surface area contributed by atoms with Gasteiger partial charge in [0.15, 0.2) is 5.16 Å². The SMILES string of the molecule is CNc1nc(C)cc(Sc2nccc(=O)[nH]2)n1. The Bertz CT molecular complexity index is 583. The summed E-state index contributed by atoms with van der Waals surface area (Å²) >= 11 is 1.29. The van der Waals surface area contributed by atoms with Crippen LogP contribution in [0.5, 0.6) is 0 Å². The van der Waals surface area contributed by atoms with Gasteiger partial charge in [0.25, 0.3) is 5.56 Å². The standard InChI is InChI=1S/C10H11N5OS/c1-6-5-8(15-9(11-2)13-6)17-10-12-4-3-7(16)14-10/h3-5H,1-2H3,(H,11,13,15)(H,12,14,16). The molecule has 2 aromatic rings. The highest BCUT2D eigenvalue weighted by Gasteiger charge is 2.04. The largest absolute Gasteiger partial charge is 0.357 e. The van der Waals surface area contributed by atoms with Crippen LogP contribution in [0.1, 0.15) is 5.69 Å². The Balaban J connectivity index is 2.29. The summed E-state index contributed by atoms with van der Waals surface area (Å²) in [7, 11) is 1.76. The lowest BCUT2D eigenvalue weighted by Gasteiger charge is -2.03. The highest BCUT2D eigenvalue weighted by molar-refractivity contribution is 7.99. The number of nitrogens with one attached hydrogen (secondary N) is 2. The molecule has 0 saturated carbocycles. The van der Waals surface area contributed by atoms with Crippen LogP contribution in [0.3, 0.4) is 0 Å². The van der Waals surface area contributed by atoms with E-state index in [0.717, 1.165) is 10.7 Å². The minimum Gasteiger partial charge on any atom is -0.357 e. The van der Waals surface area contributed by atoms with Crippen molar-refractivity contribution < 1.29 is 0 Å². The van der Waals surface area contributed by atoms with E-state index in [4.69, 9.17) is 0 Å². The maximum Gasteiger partial charge on any atom is 0.251 e. The van der Waals surface area contributed by atoms with Gasteiger partial charge in [-0.05, 0) is 24.8 Å². The molecule has 2 N–H and O–H groups in total. The van der Waals surface area contributed by atoms with E-state index in [1.54, 1.807) is 7.05 Å². The minimum absolute atomic E-state index is 0.179. The van der Waals surface area contributed by atoms with Crippen molar-refractivity contribution in [1.82, 2.24) is 19.9 Å². The molecule has 0 saturated heterocycles. The van der Waals surface area contributed by atoms with Crippen molar-refractivity contribution in [3.05, 3.63) is 34.4 Å². The van der Waals surface area contributed by atoms with Gasteiger partial charge >= 0.3 is 0 Å². The molecule has 0 bridgehead atoms. The van der Waals surface area contributed by atoms with Crippen molar-refractivity contribution in [2.75, 3.05) is 12.4 Å². The van der Waals surface area contributed by atoms with Crippen LogP contribution in [0.2, 0.25) is 0 Å². The highest BCUT2D eigenvalue weighted by Crippen LogP contribution is 2.22. The fourth-order valence-corrected chi connectivity index (χ4v) is 2.03. The maximum absolute atomic E-state index is 11.1. The number of hydrogen-bond acceptors (Lipinski definition) is 6. The number of anilines is 1. The Morgan fingerprint density at radius 3 is 2.94 bits per heavy atom. The van der Waals surface area contributed by atoms with E-state index in [2.05, 4.69) is 25.3 Å². The smallest absolute Gasteiger partial charge is 0.251 e. The number of hydrogen-bond donors (Lipinski definition) is 2. The Labute approximate surface area is 102 Å². The second-order valence-electron chi connectivity index (χ2n) is 3.26. The molecule has 0 aliphatic carbocycles. The zero-order chi connectivity index (χ0) is 12.3. The first-order valence-electron chi connectivity index (χ1n) is 4.94. The van der Waals surface area contributed by atoms with Crippen LogP contribution >= 0.6 is 11.8 Å². The molecule has 0 aliphatic rings. The Hall–Kier alpha value is -1.89. The summed E-state index contributed by atoms with van der Waals surface area (Å²) in [6.07, 6.45) is 1.47. The lowest BCUT2D eigenvalue weighted by molar-refractivity contribution is 0.927. The van der Waals surface area contributed by atoms with Gasteiger partial charge < -0.3 is 10.3 Å². The minimum atomic E-state index is -0.179. The highest BCUT2D eigenvalue weighted by atomic mass is 32.2. The molecule has 6 nitrogen and oxygen atoms in total. The van der Waals surface area contributed by atoms with E-state index >= 15 is 0 Å². The third kappa shape index (κ3) is 3.04. The number of rotatable bonds is 3. The third-order valence-corrected chi connectivity index (χ3v) is 2.72. The van der Waals surface area contributed by atoms with Crippen LogP contribution in [0, 0.1) is 6.92 Å². The average molecular weight is 249 g/mol. The average Bonchev–Trinajstić information content (AvgIpc) is 2.28. The number of nitrogens with zero attached hydrogens (tertiary/aromatic N) is 3. The molecular formula is C10H11N5OS. The second kappa shape index (κ2) is 4.96. The first-order valence-corrected chi connectivity index (χ1v) is 5.75. The first-order chi connectivity index (χ1) is 8.17. The summed E-state index contributed by atoms with van der Waals surface area (Å²) in [5.41, 5.74) is 0.673. The van der Waals surface area contributed by atoms with Gasteiger partial charge in [-0.1, -0.05) is 0 Å². The van der Waals surface area contributed by atoms with Gasteiger partial charge in [0.05, 0.1) is 0 Å². The molecule has 0 atom stereocenters. The first kappa shape index (κ1) is 11.6. The molecule has 0 radical (unpaired) electrons. The lowest BCUT2D eigenvalue weighted by Crippen LogP contribution is -2.05. The molecule has 0 unspecified atom stereocenters. The Kier molecular flexibility index (Phi) is 3.38. The van der Waals surface area contributed by atoms with E-state index in [1.165, 1.54) is 24.0 Å². The predicted octanol–water partition coefficient (Wildman–Crippen LogP) is 1.06. The van der Waals surface area contributed by atoms with Gasteiger partial charge in [0, 0.05) is 25.0 Å². The van der Waals surface area contributed by atoms with Crippen LogP contribution in [0.15, 0.2) is 33.3 Å². The molecule has 2 rings (SSSR count). The van der Waals surface area contributed by atoms with Crippen LogP contribution in [-0.4, -0.2) is 27.0 Å². The van der Waals surface area contributed by atoms with Gasteiger partial charge in [-0.25, -0.2) is 15.0 Å². The summed E-state index contributed by atoms with van der Waals surface area (Å²) in [6.45, 7) is 1.88. The van der Waals surface area contributed by atoms with Gasteiger partial charge in [0.1, 0.15) is 5.03 Å². The normalized spacial score (nSPS) is 10.2. The monoisotopic (exact) mass is 249 g/mol. The molecule has 2 heterocycles. The van der Waals surface area contributed by atoms with E-state index in [1.807, 2.05) is 13.0 Å². The van der Waals surface area contributed by atoms with Crippen molar-refractivity contribution in [2.24, 2.45) is 0 Å². The van der Waals surface area contributed by atoms with Crippen LogP contribution in [-0.2, 0) is 0 Å². The van der Waals surface area contributed by atoms with Gasteiger partial charge in [-0.3, -0.25) is 4.79 Å². The molecule has 0 amide bonds. The predicted molar refractivity (Wildman–Crippen MR) is 65.3 cm³/mol. The fourth-order valence-electron chi connectivity index (χ4n) is 1.21. The molecule has 0 fully saturated rings. The van der Waals surface area contributed by atoms with Crippen molar-refractivity contribution in [3.63, 3.8) is 0 Å². The summed E-state index contributed by atoms with van der Waals surface area (Å²) in [5, 5.41) is 4.12. The molecule has 88 valence electrons. The summed E-state index contributed by atoms with van der Waals surface area (Å²) < 4.78 is 0. The molecule has 2 aromatic heterocycles. The van der Waals surface area contributed by atoms with Crippen molar-refractivity contribution >= 4 is 17.7 Å². The molecule has 0 aromatic carbocycles. The van der Waals surface area contributed by atoms with Gasteiger partial charge in [-0.15, -0.1) is 0 Å². The molecular weight excluding hydrogens is 238 g/mol. The maximum atomic E-state index is 11.1. The molecule has 0 aliphatic heterocycles. The van der Waals surface area contributed by atoms with E-state index in [-0.39, 0.29) is 5.56 Å². The van der Waals surface area contributed by atoms with Crippen LogP contribution < -0.4 is 10.9 Å². The number of H-pyrrole nitrogens is 1. The molecule has 17 heavy (non-hydrogen) atoms. The van der Waals surface area contributed by atoms with E-state index in [9.17, 15) is 4.79 Å². The van der Waals surface area contributed by atoms with Crippen molar-refractivity contribution in [1.29, 1.82) is 0 Å². The fraction of sp³-hybridized carbons (Fsp3) is 0.200. The Morgan fingerprint density at radius 2 is 2.24 bits per heavy atom. The summed E-state index contributed by atoms with van der Waals surface area (Å²) in [4.78, 5) is 26.2. The topological polar surface area (TPSA) is 83.6 Å². The second-order valence-corrected chi connectivity index (χ2v) is 4.27. The number of aromatic nitrogens is 4. The van der Waals surface area contributed by atoms with Crippen LogP contribution in [0.25, 0.3) is 0 Å². The Morgan fingerprint density at radius 1 is 1.41 bits per heavy atom. The van der Waals surface area contributed by atoms with Crippen molar-refractivity contribution in [3.8, 4) is 0 Å². The lowest BCUT2D eigenvalue weighted by atomic mass is 10.5. The van der Waals surface area contributed by atoms with Gasteiger partial charge in [0.2, 0.25) is 5.95 Å².